The number of rotatable bonds is 5. The first-order valence-corrected chi connectivity index (χ1v) is 10.2. The third kappa shape index (κ3) is 4.39. The van der Waals surface area contributed by atoms with Gasteiger partial charge in [-0.3, -0.25) is 5.10 Å². The van der Waals surface area contributed by atoms with E-state index in [1.54, 1.807) is 0 Å². The fourth-order valence-corrected chi connectivity index (χ4v) is 4.35. The summed E-state index contributed by atoms with van der Waals surface area (Å²) in [5.74, 6) is 1.91. The minimum Gasteiger partial charge on any atom is -0.444 e. The van der Waals surface area contributed by atoms with E-state index in [2.05, 4.69) is 39.0 Å². The van der Waals surface area contributed by atoms with Gasteiger partial charge in [0, 0.05) is 34.9 Å². The van der Waals surface area contributed by atoms with Gasteiger partial charge >= 0.3 is 6.09 Å². The number of carbonyl (C=O) groups excluding carboxylic acids is 1. The molecule has 1 amide bonds. The summed E-state index contributed by atoms with van der Waals surface area (Å²) in [7, 11) is 0. The fraction of sp³-hybridized carbons (Fsp3) is 0.474. The van der Waals surface area contributed by atoms with E-state index < -0.39 is 6.09 Å². The Labute approximate surface area is 162 Å². The molecule has 1 fully saturated rings. The summed E-state index contributed by atoms with van der Waals surface area (Å²) in [6, 6.07) is 8.42. The quantitative estimate of drug-likeness (QED) is 0.723. The van der Waals surface area contributed by atoms with Crippen LogP contribution in [0.1, 0.15) is 37.6 Å². The molecule has 3 heterocycles. The van der Waals surface area contributed by atoms with Gasteiger partial charge in [0.25, 0.3) is 0 Å². The van der Waals surface area contributed by atoms with Crippen LogP contribution in [0.15, 0.2) is 29.2 Å². The number of aryl methyl sites for hydroxylation is 1. The van der Waals surface area contributed by atoms with E-state index in [1.807, 2.05) is 31.7 Å². The molecule has 1 saturated heterocycles. The van der Waals surface area contributed by atoms with Gasteiger partial charge in [-0.25, -0.2) is 4.79 Å². The van der Waals surface area contributed by atoms with Gasteiger partial charge in [-0.1, -0.05) is 0 Å². The van der Waals surface area contributed by atoms with E-state index in [1.165, 1.54) is 10.5 Å². The van der Waals surface area contributed by atoms with E-state index in [9.17, 15) is 4.79 Å². The zero-order chi connectivity index (χ0) is 18.8. The van der Waals surface area contributed by atoms with Gasteiger partial charge < -0.3 is 20.1 Å². The van der Waals surface area contributed by atoms with Gasteiger partial charge in [-0.2, -0.15) is 5.10 Å². The van der Waals surface area contributed by atoms with E-state index in [0.717, 1.165) is 29.4 Å². The molecule has 0 radical (unpaired) electrons. The van der Waals surface area contributed by atoms with Crippen LogP contribution < -0.4 is 10.6 Å². The Balaban J connectivity index is 1.34. The summed E-state index contributed by atoms with van der Waals surface area (Å²) >= 11 is 1.90. The average Bonchev–Trinajstić information content (AvgIpc) is 3.33. The van der Waals surface area contributed by atoms with Gasteiger partial charge in [0.15, 0.2) is 5.82 Å². The van der Waals surface area contributed by atoms with Crippen molar-refractivity contribution in [3.63, 3.8) is 0 Å². The van der Waals surface area contributed by atoms with Crippen LogP contribution in [0.3, 0.4) is 0 Å². The van der Waals surface area contributed by atoms with E-state index in [-0.39, 0.29) is 18.2 Å². The van der Waals surface area contributed by atoms with Crippen LogP contribution >= 0.6 is 11.8 Å². The number of aromatic amines is 1. The average molecular weight is 388 g/mol. The highest BCUT2D eigenvalue weighted by molar-refractivity contribution is 7.99. The lowest BCUT2D eigenvalue weighted by Crippen LogP contribution is -2.33. The number of carbonyl (C=O) groups is 1. The lowest BCUT2D eigenvalue weighted by Gasteiger charge is -2.13. The van der Waals surface area contributed by atoms with Crippen LogP contribution in [0, 0.1) is 0 Å². The number of nitrogens with one attached hydrogen (secondary N) is 3. The van der Waals surface area contributed by atoms with Crippen LogP contribution in [0.2, 0.25) is 0 Å². The summed E-state index contributed by atoms with van der Waals surface area (Å²) in [6.07, 6.45) is 0.927. The molecule has 2 atom stereocenters. The maximum absolute atomic E-state index is 11.7. The Morgan fingerprint density at radius 2 is 2.30 bits per heavy atom. The van der Waals surface area contributed by atoms with Crippen molar-refractivity contribution in [2.45, 2.75) is 49.8 Å². The third-order valence-electron chi connectivity index (χ3n) is 4.55. The SMILES string of the molecule is CC(C)NC(=O)OC1COC(c2cc(Nc3ccc4c(c3)CCS4)n[nH]2)C1. The number of aromatic nitrogens is 2. The predicted octanol–water partition coefficient (Wildman–Crippen LogP) is 3.77. The van der Waals surface area contributed by atoms with Crippen molar-refractivity contribution in [1.82, 2.24) is 15.5 Å². The maximum atomic E-state index is 11.7. The first-order chi connectivity index (χ1) is 13.1. The molecule has 0 bridgehead atoms. The molecule has 2 aromatic rings. The monoisotopic (exact) mass is 388 g/mol. The molecule has 0 spiro atoms. The second-order valence-electron chi connectivity index (χ2n) is 7.14. The van der Waals surface area contributed by atoms with Crippen molar-refractivity contribution in [3.8, 4) is 0 Å². The number of amides is 1. The van der Waals surface area contributed by atoms with Crippen LogP contribution in [-0.4, -0.2) is 40.8 Å². The first kappa shape index (κ1) is 18.2. The zero-order valence-electron chi connectivity index (χ0n) is 15.5. The summed E-state index contributed by atoms with van der Waals surface area (Å²) in [4.78, 5) is 13.1. The predicted molar refractivity (Wildman–Crippen MR) is 105 cm³/mol. The Kier molecular flexibility index (Phi) is 5.27. The van der Waals surface area contributed by atoms with Crippen molar-refractivity contribution in [2.24, 2.45) is 0 Å². The van der Waals surface area contributed by atoms with Crippen LogP contribution in [-0.2, 0) is 15.9 Å². The molecule has 8 heteroatoms. The highest BCUT2D eigenvalue weighted by Gasteiger charge is 2.31. The molecular weight excluding hydrogens is 364 g/mol. The molecule has 2 unspecified atom stereocenters. The maximum Gasteiger partial charge on any atom is 0.407 e. The van der Waals surface area contributed by atoms with Gasteiger partial charge in [-0.15, -0.1) is 11.8 Å². The van der Waals surface area contributed by atoms with Crippen molar-refractivity contribution in [2.75, 3.05) is 17.7 Å². The normalized spacial score (nSPS) is 21.3. The van der Waals surface area contributed by atoms with Gasteiger partial charge in [0.2, 0.25) is 0 Å². The smallest absolute Gasteiger partial charge is 0.407 e. The van der Waals surface area contributed by atoms with Crippen molar-refractivity contribution in [1.29, 1.82) is 0 Å². The number of H-pyrrole nitrogens is 1. The van der Waals surface area contributed by atoms with Crippen molar-refractivity contribution >= 4 is 29.4 Å². The Morgan fingerprint density at radius 3 is 3.15 bits per heavy atom. The second kappa shape index (κ2) is 7.82. The largest absolute Gasteiger partial charge is 0.444 e. The summed E-state index contributed by atoms with van der Waals surface area (Å²) in [5, 5.41) is 13.4. The molecule has 7 nitrogen and oxygen atoms in total. The lowest BCUT2D eigenvalue weighted by atomic mass is 10.1. The molecule has 144 valence electrons. The third-order valence-corrected chi connectivity index (χ3v) is 5.66. The number of nitrogens with zero attached hydrogens (tertiary/aromatic N) is 1. The van der Waals surface area contributed by atoms with Crippen molar-refractivity contribution < 1.29 is 14.3 Å². The van der Waals surface area contributed by atoms with Gasteiger partial charge in [0.05, 0.1) is 12.3 Å². The summed E-state index contributed by atoms with van der Waals surface area (Å²) < 4.78 is 11.2. The van der Waals surface area contributed by atoms with E-state index >= 15 is 0 Å². The fourth-order valence-electron chi connectivity index (χ4n) is 3.30. The summed E-state index contributed by atoms with van der Waals surface area (Å²) in [6.45, 7) is 4.18. The van der Waals surface area contributed by atoms with Gasteiger partial charge in [0.1, 0.15) is 12.2 Å². The van der Waals surface area contributed by atoms with Crippen molar-refractivity contribution in [3.05, 3.63) is 35.5 Å². The minimum absolute atomic E-state index is 0.0506. The number of hydrogen-bond donors (Lipinski definition) is 3. The Morgan fingerprint density at radius 1 is 1.41 bits per heavy atom. The molecule has 1 aromatic heterocycles. The van der Waals surface area contributed by atoms with E-state index in [4.69, 9.17) is 9.47 Å². The number of benzene rings is 1. The minimum atomic E-state index is -0.402. The van der Waals surface area contributed by atoms with Crippen LogP contribution in [0.4, 0.5) is 16.3 Å². The number of alkyl carbamates (subject to hydrolysis) is 1. The van der Waals surface area contributed by atoms with Crippen LogP contribution in [0.25, 0.3) is 0 Å². The highest BCUT2D eigenvalue weighted by atomic mass is 32.2. The number of ether oxygens (including phenoxy) is 2. The van der Waals surface area contributed by atoms with Gasteiger partial charge in [-0.05, 0) is 44.0 Å². The molecule has 2 aliphatic heterocycles. The van der Waals surface area contributed by atoms with Crippen LogP contribution in [0.5, 0.6) is 0 Å². The summed E-state index contributed by atoms with van der Waals surface area (Å²) in [5.41, 5.74) is 3.30. The number of thioether (sulfide) groups is 1. The second-order valence-corrected chi connectivity index (χ2v) is 8.28. The zero-order valence-corrected chi connectivity index (χ0v) is 16.3. The molecular formula is C19H24N4O3S. The Bertz CT molecular complexity index is 823. The molecule has 0 saturated carbocycles. The molecule has 4 rings (SSSR count). The number of anilines is 2. The molecule has 3 N–H and O–H groups in total. The molecule has 0 aliphatic carbocycles. The Hall–Kier alpha value is -2.19. The van der Waals surface area contributed by atoms with E-state index in [0.29, 0.717) is 13.0 Å². The molecule has 2 aliphatic rings. The number of fused-ring (bicyclic) bond motifs is 1. The topological polar surface area (TPSA) is 88.3 Å². The highest BCUT2D eigenvalue weighted by Crippen LogP contribution is 2.34. The lowest BCUT2D eigenvalue weighted by molar-refractivity contribution is 0.0682. The molecule has 27 heavy (non-hydrogen) atoms. The molecule has 1 aromatic carbocycles. The standard InChI is InChI=1S/C19H24N4O3S/c1-11(2)20-19(24)26-14-8-16(25-10-14)15-9-18(23-22-15)21-13-3-4-17-12(7-13)5-6-27-17/h3-4,7,9,11,14,16H,5-6,8,10H2,1-2H3,(H,20,24)(H2,21,22,23). The first-order valence-electron chi connectivity index (χ1n) is 9.23. The number of hydrogen-bond acceptors (Lipinski definition) is 6.